The average Bonchev–Trinajstić information content (AvgIpc) is 0. The molecule has 0 fully saturated rings. The Hall–Kier alpha value is 1.29. The van der Waals surface area contributed by atoms with Crippen LogP contribution in [0.25, 0.3) is 0 Å². The number of rotatable bonds is 0. The second-order valence-electron chi connectivity index (χ2n) is 0. The monoisotopic (exact) mass is 156 g/mol. The summed E-state index contributed by atoms with van der Waals surface area (Å²) >= 11 is 0. The molecule has 8 heavy (non-hydrogen) atoms. The van der Waals surface area contributed by atoms with Crippen molar-refractivity contribution < 1.29 is 32.9 Å². The van der Waals surface area contributed by atoms with E-state index in [1.54, 1.807) is 0 Å². The van der Waals surface area contributed by atoms with Gasteiger partial charge >= 0.3 is 0 Å². The van der Waals surface area contributed by atoms with Crippen molar-refractivity contribution in [1.29, 1.82) is 0 Å². The first-order valence-corrected chi connectivity index (χ1v) is 0. The Labute approximate surface area is 78.8 Å². The lowest BCUT2D eigenvalue weighted by atomic mass is 16.0. The Balaban J connectivity index is 0. The predicted molar refractivity (Wildman–Crippen MR) is 33.2 cm³/mol. The molecular formula is H12Mg2O6. The Morgan fingerprint density at radius 1 is 0.250 bits per heavy atom. The third-order valence-electron chi connectivity index (χ3n) is 0. The lowest BCUT2D eigenvalue weighted by molar-refractivity contribution is 0.823. The highest BCUT2D eigenvalue weighted by molar-refractivity contribution is 5.76. The molecular weight excluding hydrogens is 145 g/mol. The summed E-state index contributed by atoms with van der Waals surface area (Å²) in [6.07, 6.45) is 0. The van der Waals surface area contributed by atoms with Crippen LogP contribution in [0.1, 0.15) is 0 Å². The summed E-state index contributed by atoms with van der Waals surface area (Å²) in [5, 5.41) is 0. The van der Waals surface area contributed by atoms with Gasteiger partial charge in [-0.05, 0) is 0 Å². The molecule has 0 amide bonds. The summed E-state index contributed by atoms with van der Waals surface area (Å²) in [5.41, 5.74) is 0. The first-order chi connectivity index (χ1) is 0. The highest BCUT2D eigenvalue weighted by Crippen LogP contribution is -0.284. The standard InChI is InChI=1S/2Mg.6H2O/h;;6*1H2. The van der Waals surface area contributed by atoms with Crippen LogP contribution in [0.2, 0.25) is 0 Å². The Morgan fingerprint density at radius 3 is 0.250 bits per heavy atom. The molecule has 6 nitrogen and oxygen atoms in total. The van der Waals surface area contributed by atoms with E-state index in [2.05, 4.69) is 0 Å². The molecule has 0 saturated carbocycles. The molecule has 0 rings (SSSR count). The van der Waals surface area contributed by atoms with Crippen molar-refractivity contribution >= 4 is 46.1 Å². The minimum absolute atomic E-state index is 0. The molecule has 4 radical (unpaired) electrons. The lowest BCUT2D eigenvalue weighted by Crippen LogP contribution is -0.382. The van der Waals surface area contributed by atoms with Gasteiger partial charge < -0.3 is 32.9 Å². The van der Waals surface area contributed by atoms with Crippen molar-refractivity contribution in [3.63, 3.8) is 0 Å². The van der Waals surface area contributed by atoms with Gasteiger partial charge in [0.1, 0.15) is 0 Å². The van der Waals surface area contributed by atoms with Gasteiger partial charge in [-0.3, -0.25) is 0 Å². The van der Waals surface area contributed by atoms with Gasteiger partial charge in [-0.1, -0.05) is 0 Å². The van der Waals surface area contributed by atoms with Crippen molar-refractivity contribution in [3.8, 4) is 0 Å². The van der Waals surface area contributed by atoms with Crippen LogP contribution in [0.3, 0.4) is 0 Å². The second-order valence-corrected chi connectivity index (χ2v) is 0. The van der Waals surface area contributed by atoms with Gasteiger partial charge in [0, 0.05) is 46.1 Å². The van der Waals surface area contributed by atoms with Gasteiger partial charge in [0.05, 0.1) is 0 Å². The molecule has 0 aliphatic heterocycles. The molecule has 0 aromatic carbocycles. The molecule has 0 aromatic rings. The van der Waals surface area contributed by atoms with Gasteiger partial charge in [0.25, 0.3) is 0 Å². The molecule has 0 heterocycles. The Morgan fingerprint density at radius 2 is 0.250 bits per heavy atom. The van der Waals surface area contributed by atoms with Crippen molar-refractivity contribution in [2.24, 2.45) is 0 Å². The molecule has 0 saturated heterocycles. The molecule has 0 unspecified atom stereocenters. The van der Waals surface area contributed by atoms with Crippen molar-refractivity contribution in [1.82, 2.24) is 0 Å². The van der Waals surface area contributed by atoms with Gasteiger partial charge in [-0.15, -0.1) is 0 Å². The van der Waals surface area contributed by atoms with Crippen molar-refractivity contribution in [2.75, 3.05) is 0 Å². The molecule has 12 N–H and O–H groups in total. The van der Waals surface area contributed by atoms with Gasteiger partial charge in [0.2, 0.25) is 0 Å². The molecule has 0 aromatic heterocycles. The summed E-state index contributed by atoms with van der Waals surface area (Å²) in [6, 6.07) is 0. The largest absolute Gasteiger partial charge is 0.412 e. The topological polar surface area (TPSA) is 189 Å². The van der Waals surface area contributed by atoms with E-state index in [-0.39, 0.29) is 79.0 Å². The smallest absolute Gasteiger partial charge is 0 e. The molecule has 0 aliphatic carbocycles. The van der Waals surface area contributed by atoms with E-state index in [9.17, 15) is 0 Å². The summed E-state index contributed by atoms with van der Waals surface area (Å²) < 4.78 is 0. The van der Waals surface area contributed by atoms with Crippen LogP contribution in [-0.4, -0.2) is 79.0 Å². The third kappa shape index (κ3) is 173. The Kier molecular flexibility index (Phi) is 12600. The Bertz CT molecular complexity index is 6.49. The van der Waals surface area contributed by atoms with E-state index in [4.69, 9.17) is 0 Å². The lowest BCUT2D eigenvalue weighted by Gasteiger charge is -0.413. The van der Waals surface area contributed by atoms with E-state index < -0.39 is 0 Å². The van der Waals surface area contributed by atoms with Crippen molar-refractivity contribution in [2.45, 2.75) is 0 Å². The van der Waals surface area contributed by atoms with Crippen LogP contribution in [0.4, 0.5) is 0 Å². The highest BCUT2D eigenvalue weighted by Gasteiger charge is 0.00103. The average molecular weight is 157 g/mol. The molecule has 0 atom stereocenters. The first kappa shape index (κ1) is 383. The van der Waals surface area contributed by atoms with Gasteiger partial charge in [0.15, 0.2) is 0 Å². The molecule has 0 aliphatic rings. The zero-order valence-corrected chi connectivity index (χ0v) is 7.24. The normalized spacial score (nSPS) is 0. The fourth-order valence-corrected chi connectivity index (χ4v) is 0. The van der Waals surface area contributed by atoms with Crippen LogP contribution in [0.15, 0.2) is 0 Å². The fraction of sp³-hybridized carbons (Fsp3) is 0. The quantitative estimate of drug-likeness (QED) is 0.302. The SMILES string of the molecule is O.O.O.O.O.O.[Mg].[Mg]. The van der Waals surface area contributed by atoms with Crippen LogP contribution in [0.5, 0.6) is 0 Å². The molecule has 0 bridgehead atoms. The fourth-order valence-electron chi connectivity index (χ4n) is 0. The van der Waals surface area contributed by atoms with E-state index in [1.807, 2.05) is 0 Å². The van der Waals surface area contributed by atoms with Crippen molar-refractivity contribution in [3.05, 3.63) is 0 Å². The zero-order chi connectivity index (χ0) is 0. The summed E-state index contributed by atoms with van der Waals surface area (Å²) in [6.45, 7) is 0. The summed E-state index contributed by atoms with van der Waals surface area (Å²) in [5.74, 6) is 0. The van der Waals surface area contributed by atoms with E-state index in [0.29, 0.717) is 0 Å². The van der Waals surface area contributed by atoms with Crippen LogP contribution in [-0.2, 0) is 0 Å². The second kappa shape index (κ2) is 264. The zero-order valence-electron chi connectivity index (χ0n) is 4.41. The molecule has 0 spiro atoms. The van der Waals surface area contributed by atoms with E-state index in [0.717, 1.165) is 0 Å². The number of hydrogen-bond donors (Lipinski definition) is 0. The van der Waals surface area contributed by atoms with E-state index in [1.165, 1.54) is 0 Å². The molecule has 8 heteroatoms. The van der Waals surface area contributed by atoms with Gasteiger partial charge in [-0.25, -0.2) is 0 Å². The molecule has 52 valence electrons. The van der Waals surface area contributed by atoms with Crippen LogP contribution in [0, 0.1) is 0 Å². The van der Waals surface area contributed by atoms with Crippen LogP contribution < -0.4 is 0 Å². The minimum atomic E-state index is 0. The number of hydrogen-bond acceptors (Lipinski definition) is 0. The minimum Gasteiger partial charge on any atom is -0.412 e. The van der Waals surface area contributed by atoms with E-state index >= 15 is 0 Å². The third-order valence-corrected chi connectivity index (χ3v) is 0. The maximum absolute atomic E-state index is 0. The highest BCUT2D eigenvalue weighted by atomic mass is 24.3. The maximum atomic E-state index is 0. The van der Waals surface area contributed by atoms with Gasteiger partial charge in [-0.2, -0.15) is 0 Å². The first-order valence-electron chi connectivity index (χ1n) is 0. The van der Waals surface area contributed by atoms with Crippen LogP contribution >= 0.6 is 0 Å². The summed E-state index contributed by atoms with van der Waals surface area (Å²) in [4.78, 5) is 0. The maximum Gasteiger partial charge on any atom is 0 e. The predicted octanol–water partition coefficient (Wildman–Crippen LogP) is -5.71. The summed E-state index contributed by atoms with van der Waals surface area (Å²) in [7, 11) is 0.